The van der Waals surface area contributed by atoms with Crippen molar-refractivity contribution < 1.29 is 0 Å². The van der Waals surface area contributed by atoms with Gasteiger partial charge in [-0.05, 0) is 25.7 Å². The highest BCUT2D eigenvalue weighted by Gasteiger charge is 2.17. The standard InChI is InChI=1S/C17H32N2/c1-5-7-8-9-11-16(12-14(3)10-6-2)17-18-13-15(4)19-17/h13-14,16H,5-12H2,1-4H3,(H,18,19). The molecule has 0 aliphatic rings. The third kappa shape index (κ3) is 6.26. The lowest BCUT2D eigenvalue weighted by Crippen LogP contribution is -2.07. The predicted molar refractivity (Wildman–Crippen MR) is 83.5 cm³/mol. The number of nitrogens with one attached hydrogen (secondary N) is 1. The van der Waals surface area contributed by atoms with Crippen molar-refractivity contribution in [2.45, 2.75) is 85.0 Å². The second-order valence-electron chi connectivity index (χ2n) is 6.13. The molecule has 0 spiro atoms. The number of imidazole rings is 1. The fraction of sp³-hybridized carbons (Fsp3) is 0.824. The molecule has 0 amide bonds. The second kappa shape index (κ2) is 9.17. The van der Waals surface area contributed by atoms with E-state index in [4.69, 9.17) is 0 Å². The molecule has 1 rings (SSSR count). The Bertz CT molecular complexity index is 330. The Hall–Kier alpha value is -0.790. The van der Waals surface area contributed by atoms with Crippen LogP contribution in [0.2, 0.25) is 0 Å². The molecule has 0 bridgehead atoms. The van der Waals surface area contributed by atoms with E-state index in [1.165, 1.54) is 62.9 Å². The van der Waals surface area contributed by atoms with E-state index >= 15 is 0 Å². The summed E-state index contributed by atoms with van der Waals surface area (Å²) >= 11 is 0. The van der Waals surface area contributed by atoms with E-state index in [1.807, 2.05) is 6.20 Å². The van der Waals surface area contributed by atoms with E-state index in [0.717, 1.165) is 5.92 Å². The van der Waals surface area contributed by atoms with Gasteiger partial charge < -0.3 is 4.98 Å². The first-order chi connectivity index (χ1) is 9.17. The van der Waals surface area contributed by atoms with Gasteiger partial charge in [-0.1, -0.05) is 59.3 Å². The van der Waals surface area contributed by atoms with Gasteiger partial charge in [0.25, 0.3) is 0 Å². The Morgan fingerprint density at radius 2 is 1.89 bits per heavy atom. The molecular formula is C17H32N2. The fourth-order valence-corrected chi connectivity index (χ4v) is 2.92. The molecule has 1 heterocycles. The topological polar surface area (TPSA) is 28.7 Å². The van der Waals surface area contributed by atoms with Crippen LogP contribution in [0.1, 0.15) is 89.6 Å². The lowest BCUT2D eigenvalue weighted by Gasteiger charge is -2.19. The van der Waals surface area contributed by atoms with Crippen LogP contribution in [0.4, 0.5) is 0 Å². The van der Waals surface area contributed by atoms with Crippen LogP contribution in [0.5, 0.6) is 0 Å². The molecule has 2 unspecified atom stereocenters. The van der Waals surface area contributed by atoms with Crippen LogP contribution in [-0.4, -0.2) is 9.97 Å². The molecule has 0 saturated carbocycles. The van der Waals surface area contributed by atoms with Gasteiger partial charge in [0.15, 0.2) is 0 Å². The summed E-state index contributed by atoms with van der Waals surface area (Å²) in [5, 5.41) is 0. The molecule has 0 aromatic carbocycles. The van der Waals surface area contributed by atoms with E-state index in [1.54, 1.807) is 0 Å². The first-order valence-corrected chi connectivity index (χ1v) is 8.18. The smallest absolute Gasteiger partial charge is 0.109 e. The van der Waals surface area contributed by atoms with Gasteiger partial charge in [-0.3, -0.25) is 0 Å². The minimum atomic E-state index is 0.632. The number of H-pyrrole nitrogens is 1. The number of unbranched alkanes of at least 4 members (excludes halogenated alkanes) is 3. The Morgan fingerprint density at radius 1 is 1.11 bits per heavy atom. The Kier molecular flexibility index (Phi) is 7.85. The highest BCUT2D eigenvalue weighted by molar-refractivity contribution is 5.04. The van der Waals surface area contributed by atoms with Crippen molar-refractivity contribution in [1.82, 2.24) is 9.97 Å². The van der Waals surface area contributed by atoms with E-state index < -0.39 is 0 Å². The van der Waals surface area contributed by atoms with Crippen molar-refractivity contribution >= 4 is 0 Å². The van der Waals surface area contributed by atoms with Crippen LogP contribution in [0.15, 0.2) is 6.20 Å². The molecule has 19 heavy (non-hydrogen) atoms. The molecule has 0 radical (unpaired) electrons. The molecule has 1 aromatic heterocycles. The summed E-state index contributed by atoms with van der Waals surface area (Å²) in [7, 11) is 0. The number of aromatic amines is 1. The van der Waals surface area contributed by atoms with Crippen molar-refractivity contribution in [2.24, 2.45) is 5.92 Å². The van der Waals surface area contributed by atoms with Gasteiger partial charge in [0.1, 0.15) is 5.82 Å². The second-order valence-corrected chi connectivity index (χ2v) is 6.13. The molecule has 0 aliphatic carbocycles. The summed E-state index contributed by atoms with van der Waals surface area (Å²) in [5.41, 5.74) is 1.19. The summed E-state index contributed by atoms with van der Waals surface area (Å²) in [4.78, 5) is 8.03. The molecule has 0 fully saturated rings. The molecule has 2 nitrogen and oxygen atoms in total. The van der Waals surface area contributed by atoms with Gasteiger partial charge in [0, 0.05) is 17.8 Å². The summed E-state index contributed by atoms with van der Waals surface area (Å²) < 4.78 is 0. The molecule has 1 N–H and O–H groups in total. The maximum atomic E-state index is 4.57. The predicted octanol–water partition coefficient (Wildman–Crippen LogP) is 5.60. The van der Waals surface area contributed by atoms with Crippen molar-refractivity contribution in [2.75, 3.05) is 0 Å². The van der Waals surface area contributed by atoms with Gasteiger partial charge in [0.05, 0.1) is 0 Å². The normalized spacial score (nSPS) is 14.5. The highest BCUT2D eigenvalue weighted by Crippen LogP contribution is 2.29. The zero-order valence-electron chi connectivity index (χ0n) is 13.3. The molecule has 110 valence electrons. The Morgan fingerprint density at radius 3 is 2.47 bits per heavy atom. The fourth-order valence-electron chi connectivity index (χ4n) is 2.92. The third-order valence-electron chi connectivity index (χ3n) is 3.98. The minimum absolute atomic E-state index is 0.632. The number of hydrogen-bond acceptors (Lipinski definition) is 1. The third-order valence-corrected chi connectivity index (χ3v) is 3.98. The van der Waals surface area contributed by atoms with Crippen LogP contribution in [-0.2, 0) is 0 Å². The highest BCUT2D eigenvalue weighted by atomic mass is 14.9. The van der Waals surface area contributed by atoms with Crippen LogP contribution >= 0.6 is 0 Å². The lowest BCUT2D eigenvalue weighted by molar-refractivity contribution is 0.401. The van der Waals surface area contributed by atoms with Crippen molar-refractivity contribution in [3.63, 3.8) is 0 Å². The Labute approximate surface area is 119 Å². The maximum absolute atomic E-state index is 4.57. The van der Waals surface area contributed by atoms with Gasteiger partial charge in [-0.15, -0.1) is 0 Å². The van der Waals surface area contributed by atoms with Gasteiger partial charge >= 0.3 is 0 Å². The van der Waals surface area contributed by atoms with Crippen LogP contribution < -0.4 is 0 Å². The largest absolute Gasteiger partial charge is 0.346 e. The van der Waals surface area contributed by atoms with Crippen LogP contribution in [0.3, 0.4) is 0 Å². The molecular weight excluding hydrogens is 232 g/mol. The molecule has 1 aromatic rings. The number of nitrogens with zero attached hydrogens (tertiary/aromatic N) is 1. The number of rotatable bonds is 10. The summed E-state index contributed by atoms with van der Waals surface area (Å²) in [6.45, 7) is 9.04. The summed E-state index contributed by atoms with van der Waals surface area (Å²) in [5.74, 6) is 2.66. The van der Waals surface area contributed by atoms with Crippen molar-refractivity contribution in [3.05, 3.63) is 17.7 Å². The average molecular weight is 264 g/mol. The Balaban J connectivity index is 2.52. The van der Waals surface area contributed by atoms with Crippen molar-refractivity contribution in [3.8, 4) is 0 Å². The minimum Gasteiger partial charge on any atom is -0.346 e. The SMILES string of the molecule is CCCCCCC(CC(C)CCC)c1ncc(C)[nH]1. The number of aryl methyl sites for hydroxylation is 1. The van der Waals surface area contributed by atoms with E-state index in [-0.39, 0.29) is 0 Å². The zero-order chi connectivity index (χ0) is 14.1. The van der Waals surface area contributed by atoms with Gasteiger partial charge in [-0.2, -0.15) is 0 Å². The van der Waals surface area contributed by atoms with E-state index in [9.17, 15) is 0 Å². The maximum Gasteiger partial charge on any atom is 0.109 e. The number of hydrogen-bond donors (Lipinski definition) is 1. The monoisotopic (exact) mass is 264 g/mol. The molecule has 0 saturated heterocycles. The van der Waals surface area contributed by atoms with Crippen LogP contribution in [0, 0.1) is 12.8 Å². The van der Waals surface area contributed by atoms with Crippen molar-refractivity contribution in [1.29, 1.82) is 0 Å². The van der Waals surface area contributed by atoms with E-state index in [0.29, 0.717) is 5.92 Å². The zero-order valence-corrected chi connectivity index (χ0v) is 13.3. The molecule has 2 heteroatoms. The van der Waals surface area contributed by atoms with Gasteiger partial charge in [0.2, 0.25) is 0 Å². The molecule has 0 aliphatic heterocycles. The van der Waals surface area contributed by atoms with E-state index in [2.05, 4.69) is 37.7 Å². The first kappa shape index (κ1) is 16.3. The summed E-state index contributed by atoms with van der Waals surface area (Å²) in [6, 6.07) is 0. The summed E-state index contributed by atoms with van der Waals surface area (Å²) in [6.07, 6.45) is 12.6. The average Bonchev–Trinajstić information content (AvgIpc) is 2.80. The van der Waals surface area contributed by atoms with Crippen LogP contribution in [0.25, 0.3) is 0 Å². The quantitative estimate of drug-likeness (QED) is 0.548. The van der Waals surface area contributed by atoms with Gasteiger partial charge in [-0.25, -0.2) is 4.98 Å². The molecule has 2 atom stereocenters. The number of aromatic nitrogens is 2. The first-order valence-electron chi connectivity index (χ1n) is 8.18. The lowest BCUT2D eigenvalue weighted by atomic mass is 9.88.